The fraction of sp³-hybridized carbons (Fsp3) is 0.900. The van der Waals surface area contributed by atoms with Gasteiger partial charge in [-0.25, -0.2) is 0 Å². The van der Waals surface area contributed by atoms with Gasteiger partial charge in [-0.2, -0.15) is 12.6 Å². The minimum atomic E-state index is 0.223. The van der Waals surface area contributed by atoms with Crippen molar-refractivity contribution < 1.29 is 4.79 Å². The van der Waals surface area contributed by atoms with Crippen LogP contribution in [0.4, 0.5) is 0 Å². The van der Waals surface area contributed by atoms with Crippen molar-refractivity contribution in [2.24, 2.45) is 0 Å². The molecule has 0 bridgehead atoms. The van der Waals surface area contributed by atoms with Gasteiger partial charge in [-0.3, -0.25) is 4.79 Å². The van der Waals surface area contributed by atoms with Gasteiger partial charge >= 0.3 is 0 Å². The van der Waals surface area contributed by atoms with E-state index in [0.717, 1.165) is 19.5 Å². The van der Waals surface area contributed by atoms with E-state index in [1.807, 2.05) is 11.9 Å². The summed E-state index contributed by atoms with van der Waals surface area (Å²) in [5.74, 6) is 0.867. The van der Waals surface area contributed by atoms with Crippen molar-refractivity contribution in [3.63, 3.8) is 0 Å². The van der Waals surface area contributed by atoms with Crippen molar-refractivity contribution >= 4 is 18.5 Å². The molecule has 14 heavy (non-hydrogen) atoms. The van der Waals surface area contributed by atoms with Crippen LogP contribution < -0.4 is 0 Å². The Morgan fingerprint density at radius 1 is 1.64 bits per heavy atom. The minimum Gasteiger partial charge on any atom is -0.341 e. The summed E-state index contributed by atoms with van der Waals surface area (Å²) in [6.07, 6.45) is 2.89. The molecular formula is C10H20N2OS. The van der Waals surface area contributed by atoms with Crippen molar-refractivity contribution in [2.45, 2.75) is 25.3 Å². The van der Waals surface area contributed by atoms with Crippen LogP contribution in [0.5, 0.6) is 0 Å². The number of nitrogens with zero attached hydrogens (tertiary/aromatic N) is 2. The van der Waals surface area contributed by atoms with E-state index in [4.69, 9.17) is 0 Å². The van der Waals surface area contributed by atoms with Crippen LogP contribution in [-0.4, -0.2) is 54.7 Å². The maximum absolute atomic E-state index is 11.6. The van der Waals surface area contributed by atoms with Gasteiger partial charge in [-0.05, 0) is 32.2 Å². The van der Waals surface area contributed by atoms with Gasteiger partial charge in [0.1, 0.15) is 0 Å². The number of thiol groups is 1. The number of piperidine rings is 1. The predicted molar refractivity (Wildman–Crippen MR) is 61.8 cm³/mol. The van der Waals surface area contributed by atoms with Crippen molar-refractivity contribution in [3.8, 4) is 0 Å². The molecule has 1 unspecified atom stereocenters. The van der Waals surface area contributed by atoms with Crippen molar-refractivity contribution in [1.29, 1.82) is 0 Å². The molecule has 1 aliphatic heterocycles. The monoisotopic (exact) mass is 216 g/mol. The molecule has 1 fully saturated rings. The summed E-state index contributed by atoms with van der Waals surface area (Å²) in [4.78, 5) is 15.8. The summed E-state index contributed by atoms with van der Waals surface area (Å²) in [5, 5.41) is 0. The third-order valence-corrected chi connectivity index (χ3v) is 3.09. The highest BCUT2D eigenvalue weighted by Gasteiger charge is 2.23. The molecule has 3 nitrogen and oxygen atoms in total. The second kappa shape index (κ2) is 5.61. The molecule has 0 aromatic carbocycles. The number of likely N-dealkylation sites (tertiary alicyclic amines) is 1. The van der Waals surface area contributed by atoms with Crippen LogP contribution in [0.15, 0.2) is 0 Å². The number of carbonyl (C=O) groups is 1. The van der Waals surface area contributed by atoms with E-state index in [1.165, 1.54) is 6.42 Å². The van der Waals surface area contributed by atoms with Gasteiger partial charge < -0.3 is 9.80 Å². The van der Waals surface area contributed by atoms with E-state index in [9.17, 15) is 4.79 Å². The highest BCUT2D eigenvalue weighted by atomic mass is 32.1. The maximum atomic E-state index is 11.6. The Labute approximate surface area is 91.9 Å². The van der Waals surface area contributed by atoms with Crippen LogP contribution >= 0.6 is 12.6 Å². The molecule has 0 N–H and O–H groups in total. The van der Waals surface area contributed by atoms with E-state index in [2.05, 4.69) is 24.6 Å². The molecule has 1 atom stereocenters. The van der Waals surface area contributed by atoms with Gasteiger partial charge in [0.2, 0.25) is 5.91 Å². The van der Waals surface area contributed by atoms with Crippen molar-refractivity contribution in [1.82, 2.24) is 9.80 Å². The predicted octanol–water partition coefficient (Wildman–Crippen LogP) is 0.859. The van der Waals surface area contributed by atoms with Crippen LogP contribution in [0.25, 0.3) is 0 Å². The zero-order valence-electron chi connectivity index (χ0n) is 9.07. The molecule has 0 saturated carbocycles. The molecule has 0 aromatic heterocycles. The molecule has 1 aliphatic rings. The third-order valence-electron chi connectivity index (χ3n) is 2.87. The van der Waals surface area contributed by atoms with Crippen molar-refractivity contribution in [2.75, 3.05) is 32.9 Å². The van der Waals surface area contributed by atoms with E-state index in [1.54, 1.807) is 0 Å². The third kappa shape index (κ3) is 3.17. The van der Waals surface area contributed by atoms with Crippen LogP contribution in [0, 0.1) is 0 Å². The average molecular weight is 216 g/mol. The largest absolute Gasteiger partial charge is 0.341 e. The van der Waals surface area contributed by atoms with Crippen LogP contribution in [0.1, 0.15) is 19.3 Å². The summed E-state index contributed by atoms with van der Waals surface area (Å²) in [6.45, 7) is 2.17. The Hall–Kier alpha value is -0.220. The van der Waals surface area contributed by atoms with Gasteiger partial charge in [0.25, 0.3) is 0 Å². The first-order valence-electron chi connectivity index (χ1n) is 5.20. The lowest BCUT2D eigenvalue weighted by molar-refractivity contribution is -0.132. The lowest BCUT2D eigenvalue weighted by atomic mass is 10.0. The van der Waals surface area contributed by atoms with Crippen LogP contribution in [-0.2, 0) is 4.79 Å². The molecule has 82 valence electrons. The second-order valence-electron chi connectivity index (χ2n) is 4.04. The number of hydrogen-bond donors (Lipinski definition) is 1. The Kier molecular flexibility index (Phi) is 4.75. The SMILES string of the molecule is CN1CCCC(N(C)C(=O)CCS)C1. The van der Waals surface area contributed by atoms with Crippen LogP contribution in [0.2, 0.25) is 0 Å². The molecule has 0 aromatic rings. The van der Waals surface area contributed by atoms with E-state index < -0.39 is 0 Å². The lowest BCUT2D eigenvalue weighted by Crippen LogP contribution is -2.47. The fourth-order valence-electron chi connectivity index (χ4n) is 1.93. The quantitative estimate of drug-likeness (QED) is 0.707. The lowest BCUT2D eigenvalue weighted by Gasteiger charge is -2.35. The zero-order chi connectivity index (χ0) is 10.6. The van der Waals surface area contributed by atoms with Gasteiger partial charge in [0.15, 0.2) is 0 Å². The molecule has 0 aliphatic carbocycles. The minimum absolute atomic E-state index is 0.223. The van der Waals surface area contributed by atoms with Gasteiger partial charge in [-0.15, -0.1) is 0 Å². The van der Waals surface area contributed by atoms with Gasteiger partial charge in [-0.1, -0.05) is 0 Å². The molecule has 4 heteroatoms. The molecular weight excluding hydrogens is 196 g/mol. The summed E-state index contributed by atoms with van der Waals surface area (Å²) < 4.78 is 0. The Morgan fingerprint density at radius 3 is 2.93 bits per heavy atom. The van der Waals surface area contributed by atoms with E-state index >= 15 is 0 Å². The Balaban J connectivity index is 2.42. The summed E-state index contributed by atoms with van der Waals surface area (Å²) >= 11 is 4.08. The molecule has 0 spiro atoms. The number of hydrogen-bond acceptors (Lipinski definition) is 3. The van der Waals surface area contributed by atoms with Crippen molar-refractivity contribution in [3.05, 3.63) is 0 Å². The summed E-state index contributed by atoms with van der Waals surface area (Å²) in [7, 11) is 4.03. The van der Waals surface area contributed by atoms with E-state index in [0.29, 0.717) is 18.2 Å². The summed E-state index contributed by atoms with van der Waals surface area (Å²) in [5.41, 5.74) is 0. The first kappa shape index (κ1) is 11.9. The molecule has 0 radical (unpaired) electrons. The Morgan fingerprint density at radius 2 is 2.36 bits per heavy atom. The molecule has 1 rings (SSSR count). The average Bonchev–Trinajstić information content (AvgIpc) is 2.17. The first-order valence-corrected chi connectivity index (χ1v) is 5.83. The van der Waals surface area contributed by atoms with Crippen LogP contribution in [0.3, 0.4) is 0 Å². The fourth-order valence-corrected chi connectivity index (χ4v) is 2.12. The van der Waals surface area contributed by atoms with Gasteiger partial charge in [0, 0.05) is 26.1 Å². The molecule has 1 amide bonds. The number of rotatable bonds is 3. The number of likely N-dealkylation sites (N-methyl/N-ethyl adjacent to an activating group) is 2. The highest BCUT2D eigenvalue weighted by molar-refractivity contribution is 7.80. The molecule has 1 heterocycles. The Bertz CT molecular complexity index is 199. The standard InChI is InChI=1S/C10H20N2OS/c1-11-6-3-4-9(8-11)12(2)10(13)5-7-14/h9,14H,3-8H2,1-2H3. The second-order valence-corrected chi connectivity index (χ2v) is 4.48. The number of carbonyl (C=O) groups excluding carboxylic acids is 1. The maximum Gasteiger partial charge on any atom is 0.223 e. The number of amides is 1. The zero-order valence-corrected chi connectivity index (χ0v) is 9.96. The molecule has 1 saturated heterocycles. The first-order chi connectivity index (χ1) is 6.65. The highest BCUT2D eigenvalue weighted by Crippen LogP contribution is 2.14. The normalized spacial score (nSPS) is 23.5. The smallest absolute Gasteiger partial charge is 0.223 e. The summed E-state index contributed by atoms with van der Waals surface area (Å²) in [6, 6.07) is 0.404. The topological polar surface area (TPSA) is 23.6 Å². The van der Waals surface area contributed by atoms with Gasteiger partial charge in [0.05, 0.1) is 0 Å². The van der Waals surface area contributed by atoms with E-state index in [-0.39, 0.29) is 5.91 Å².